The molecule has 0 aliphatic carbocycles. The van der Waals surface area contributed by atoms with Crippen molar-refractivity contribution in [1.82, 2.24) is 9.97 Å². The number of aromatic nitrogens is 2. The lowest BCUT2D eigenvalue weighted by atomic mass is 10.2. The number of hydrogen-bond acceptors (Lipinski definition) is 4. The molecule has 6 heteroatoms. The second-order valence-electron chi connectivity index (χ2n) is 4.05. The fraction of sp³-hybridized carbons (Fsp3) is 0.154. The molecule has 0 saturated carbocycles. The predicted molar refractivity (Wildman–Crippen MR) is 73.9 cm³/mol. The van der Waals surface area contributed by atoms with Crippen molar-refractivity contribution in [3.63, 3.8) is 0 Å². The van der Waals surface area contributed by atoms with Gasteiger partial charge in [0.15, 0.2) is 0 Å². The third kappa shape index (κ3) is 3.23. The minimum Gasteiger partial charge on any atom is -0.424 e. The van der Waals surface area contributed by atoms with E-state index in [9.17, 15) is 4.39 Å². The topological polar surface area (TPSA) is 61.0 Å². The molecule has 0 aliphatic heterocycles. The average molecular weight is 277 g/mol. The molecule has 4 nitrogen and oxygen atoms in total. The SMILES string of the molecule is Cc1cc(C(N)=S)nc(Oc2cc(F)ccc2C)n1. The first-order chi connectivity index (χ1) is 8.95. The van der Waals surface area contributed by atoms with E-state index in [2.05, 4.69) is 9.97 Å². The minimum absolute atomic E-state index is 0.0940. The average Bonchev–Trinajstić information content (AvgIpc) is 2.33. The Kier molecular flexibility index (Phi) is 3.71. The van der Waals surface area contributed by atoms with Crippen LogP contribution in [0.3, 0.4) is 0 Å². The monoisotopic (exact) mass is 277 g/mol. The van der Waals surface area contributed by atoms with Crippen molar-refractivity contribution < 1.29 is 9.13 Å². The van der Waals surface area contributed by atoms with Gasteiger partial charge in [-0.1, -0.05) is 18.3 Å². The molecule has 0 amide bonds. The summed E-state index contributed by atoms with van der Waals surface area (Å²) in [4.78, 5) is 8.35. The van der Waals surface area contributed by atoms with Crippen LogP contribution in [0.4, 0.5) is 4.39 Å². The summed E-state index contributed by atoms with van der Waals surface area (Å²) < 4.78 is 18.7. The Balaban J connectivity index is 2.38. The van der Waals surface area contributed by atoms with Crippen LogP contribution in [0.1, 0.15) is 17.0 Å². The summed E-state index contributed by atoms with van der Waals surface area (Å²) in [7, 11) is 0. The van der Waals surface area contributed by atoms with Gasteiger partial charge in [-0.2, -0.15) is 4.98 Å². The molecule has 1 aromatic carbocycles. The van der Waals surface area contributed by atoms with Gasteiger partial charge in [-0.3, -0.25) is 0 Å². The molecule has 0 unspecified atom stereocenters. The lowest BCUT2D eigenvalue weighted by Gasteiger charge is -2.08. The van der Waals surface area contributed by atoms with E-state index < -0.39 is 0 Å². The van der Waals surface area contributed by atoms with Crippen LogP contribution in [0.15, 0.2) is 24.3 Å². The summed E-state index contributed by atoms with van der Waals surface area (Å²) in [6.45, 7) is 3.58. The van der Waals surface area contributed by atoms with E-state index in [-0.39, 0.29) is 16.8 Å². The fourth-order valence-electron chi connectivity index (χ4n) is 1.50. The van der Waals surface area contributed by atoms with Crippen LogP contribution in [0.5, 0.6) is 11.8 Å². The van der Waals surface area contributed by atoms with Crippen LogP contribution in [0.25, 0.3) is 0 Å². The molecule has 1 heterocycles. The van der Waals surface area contributed by atoms with E-state index in [0.717, 1.165) is 5.56 Å². The number of benzene rings is 1. The zero-order chi connectivity index (χ0) is 14.0. The Morgan fingerprint density at radius 1 is 1.26 bits per heavy atom. The first-order valence-electron chi connectivity index (χ1n) is 5.55. The smallest absolute Gasteiger partial charge is 0.322 e. The maximum Gasteiger partial charge on any atom is 0.322 e. The Hall–Kier alpha value is -2.08. The molecule has 0 aliphatic rings. The number of halogens is 1. The second kappa shape index (κ2) is 5.27. The van der Waals surface area contributed by atoms with Gasteiger partial charge in [0.25, 0.3) is 0 Å². The normalized spacial score (nSPS) is 10.3. The zero-order valence-corrected chi connectivity index (χ0v) is 11.3. The molecule has 0 atom stereocenters. The first-order valence-corrected chi connectivity index (χ1v) is 5.96. The van der Waals surface area contributed by atoms with Crippen molar-refractivity contribution >= 4 is 17.2 Å². The molecule has 0 radical (unpaired) electrons. The maximum atomic E-state index is 13.2. The Morgan fingerprint density at radius 3 is 2.68 bits per heavy atom. The highest BCUT2D eigenvalue weighted by atomic mass is 32.1. The molecule has 98 valence electrons. The fourth-order valence-corrected chi connectivity index (χ4v) is 1.60. The highest BCUT2D eigenvalue weighted by molar-refractivity contribution is 7.80. The van der Waals surface area contributed by atoms with Crippen LogP contribution in [-0.2, 0) is 0 Å². The second-order valence-corrected chi connectivity index (χ2v) is 4.49. The van der Waals surface area contributed by atoms with E-state index in [1.807, 2.05) is 0 Å². The lowest BCUT2D eigenvalue weighted by Crippen LogP contribution is -2.13. The molecule has 2 aromatic rings. The molecule has 2 rings (SSSR count). The summed E-state index contributed by atoms with van der Waals surface area (Å²) in [5.74, 6) is -0.0256. The molecular formula is C13H12FN3OS. The molecule has 0 fully saturated rings. The number of nitrogens with two attached hydrogens (primary N) is 1. The van der Waals surface area contributed by atoms with Gasteiger partial charge in [-0.25, -0.2) is 9.37 Å². The number of ether oxygens (including phenoxy) is 1. The van der Waals surface area contributed by atoms with Gasteiger partial charge < -0.3 is 10.5 Å². The van der Waals surface area contributed by atoms with Crippen molar-refractivity contribution in [2.24, 2.45) is 5.73 Å². The highest BCUT2D eigenvalue weighted by Gasteiger charge is 2.09. The van der Waals surface area contributed by atoms with E-state index in [1.54, 1.807) is 26.0 Å². The Labute approximate surface area is 115 Å². The maximum absolute atomic E-state index is 13.2. The first kappa shape index (κ1) is 13.4. The number of thiocarbonyl (C=S) groups is 1. The Bertz CT molecular complexity index is 646. The molecular weight excluding hydrogens is 265 g/mol. The molecule has 0 bridgehead atoms. The number of nitrogens with zero attached hydrogens (tertiary/aromatic N) is 2. The van der Waals surface area contributed by atoms with Gasteiger partial charge in [0, 0.05) is 11.8 Å². The molecule has 2 N–H and O–H groups in total. The summed E-state index contributed by atoms with van der Waals surface area (Å²) in [6, 6.07) is 6.01. The third-order valence-corrected chi connectivity index (χ3v) is 2.65. The molecule has 0 saturated heterocycles. The molecule has 0 spiro atoms. The van der Waals surface area contributed by atoms with Crippen molar-refractivity contribution in [3.05, 3.63) is 47.0 Å². The largest absolute Gasteiger partial charge is 0.424 e. The van der Waals surface area contributed by atoms with Gasteiger partial charge in [-0.05, 0) is 31.5 Å². The Morgan fingerprint density at radius 2 is 2.00 bits per heavy atom. The standard InChI is InChI=1S/C13H12FN3OS/c1-7-3-4-9(14)6-11(7)18-13-16-8(2)5-10(17-13)12(15)19/h3-6H,1-2H3,(H2,15,19). The van der Waals surface area contributed by atoms with Crippen LogP contribution in [-0.4, -0.2) is 15.0 Å². The highest BCUT2D eigenvalue weighted by Crippen LogP contribution is 2.23. The van der Waals surface area contributed by atoms with Crippen molar-refractivity contribution in [2.45, 2.75) is 13.8 Å². The lowest BCUT2D eigenvalue weighted by molar-refractivity contribution is 0.433. The predicted octanol–water partition coefficient (Wildman–Crippen LogP) is 2.66. The van der Waals surface area contributed by atoms with Crippen molar-refractivity contribution in [2.75, 3.05) is 0 Å². The van der Waals surface area contributed by atoms with Crippen LogP contribution in [0.2, 0.25) is 0 Å². The number of hydrogen-bond donors (Lipinski definition) is 1. The van der Waals surface area contributed by atoms with E-state index in [0.29, 0.717) is 17.1 Å². The quantitative estimate of drug-likeness (QED) is 0.874. The summed E-state index contributed by atoms with van der Waals surface area (Å²) in [5, 5.41) is 0. The summed E-state index contributed by atoms with van der Waals surface area (Å²) in [6.07, 6.45) is 0. The van der Waals surface area contributed by atoms with Crippen LogP contribution in [0, 0.1) is 19.7 Å². The van der Waals surface area contributed by atoms with Gasteiger partial charge in [-0.15, -0.1) is 0 Å². The summed E-state index contributed by atoms with van der Waals surface area (Å²) in [5.41, 5.74) is 7.40. The van der Waals surface area contributed by atoms with Crippen molar-refractivity contribution in [1.29, 1.82) is 0 Å². The van der Waals surface area contributed by atoms with Gasteiger partial charge >= 0.3 is 6.01 Å². The number of rotatable bonds is 3. The van der Waals surface area contributed by atoms with Gasteiger partial charge in [0.1, 0.15) is 22.2 Å². The third-order valence-electron chi connectivity index (χ3n) is 2.44. The molecule has 19 heavy (non-hydrogen) atoms. The molecule has 1 aromatic heterocycles. The minimum atomic E-state index is -0.386. The van der Waals surface area contributed by atoms with E-state index in [4.69, 9.17) is 22.7 Å². The zero-order valence-electron chi connectivity index (χ0n) is 10.5. The van der Waals surface area contributed by atoms with E-state index in [1.165, 1.54) is 12.1 Å². The van der Waals surface area contributed by atoms with E-state index >= 15 is 0 Å². The van der Waals surface area contributed by atoms with Gasteiger partial charge in [0.05, 0.1) is 0 Å². The van der Waals surface area contributed by atoms with Gasteiger partial charge in [0.2, 0.25) is 0 Å². The number of aryl methyl sites for hydroxylation is 2. The van der Waals surface area contributed by atoms with Crippen molar-refractivity contribution in [3.8, 4) is 11.8 Å². The van der Waals surface area contributed by atoms with Crippen LogP contribution < -0.4 is 10.5 Å². The summed E-state index contributed by atoms with van der Waals surface area (Å²) >= 11 is 4.86. The van der Waals surface area contributed by atoms with Crippen LogP contribution >= 0.6 is 12.2 Å².